The van der Waals surface area contributed by atoms with Crippen LogP contribution in [0, 0.1) is 0 Å². The van der Waals surface area contributed by atoms with Crippen molar-refractivity contribution in [1.29, 1.82) is 0 Å². The first-order valence-electron chi connectivity index (χ1n) is 8.97. The van der Waals surface area contributed by atoms with Crippen LogP contribution in [-0.2, 0) is 21.0 Å². The maximum absolute atomic E-state index is 13.1. The molecule has 0 heterocycles. The Bertz CT molecular complexity index is 1010. The summed E-state index contributed by atoms with van der Waals surface area (Å²) in [5, 5.41) is 8.06. The van der Waals surface area contributed by atoms with Crippen molar-refractivity contribution in [3.63, 3.8) is 0 Å². The number of halogens is 3. The number of amides is 1. The third-order valence-electron chi connectivity index (χ3n) is 4.08. The normalized spacial score (nSPS) is 12.0. The molecule has 0 aliphatic rings. The van der Waals surface area contributed by atoms with Gasteiger partial charge in [-0.1, -0.05) is 12.1 Å². The van der Waals surface area contributed by atoms with Gasteiger partial charge < -0.3 is 16.0 Å². The fraction of sp³-hybridized carbons (Fsp3) is 0.316. The van der Waals surface area contributed by atoms with E-state index in [1.165, 1.54) is 38.4 Å². The monoisotopic (exact) mass is 444 g/mol. The van der Waals surface area contributed by atoms with Crippen molar-refractivity contribution >= 4 is 33.0 Å². The molecule has 2 rings (SSSR count). The number of nitrogens with zero attached hydrogens (tertiary/aromatic N) is 1. The molecular formula is C19H23F3N4O3S. The Morgan fingerprint density at radius 1 is 1.00 bits per heavy atom. The number of anilines is 3. The molecule has 164 valence electrons. The van der Waals surface area contributed by atoms with E-state index in [1.54, 1.807) is 6.07 Å². The average molecular weight is 444 g/mol. The Hall–Kier alpha value is -2.79. The standard InChI is InChI=1S/C19H23F3N4O3S/c1-4-23-16-10-9-13(30(28,29)26(2)3)11-17(16)24-12-18(27)25-15-8-6-5-7-14(15)19(20,21)22/h5-11,23-24H,4,12H2,1-3H3,(H,25,27). The van der Waals surface area contributed by atoms with Gasteiger partial charge in [0.05, 0.1) is 34.1 Å². The fourth-order valence-corrected chi connectivity index (χ4v) is 3.52. The van der Waals surface area contributed by atoms with Crippen molar-refractivity contribution in [1.82, 2.24) is 4.31 Å². The number of para-hydroxylation sites is 1. The molecule has 0 radical (unpaired) electrons. The molecule has 0 atom stereocenters. The highest BCUT2D eigenvalue weighted by atomic mass is 32.2. The Morgan fingerprint density at radius 3 is 2.27 bits per heavy atom. The predicted octanol–water partition coefficient (Wildman–Crippen LogP) is 3.44. The molecule has 0 bridgehead atoms. The highest BCUT2D eigenvalue weighted by Gasteiger charge is 2.33. The first-order valence-corrected chi connectivity index (χ1v) is 10.4. The highest BCUT2D eigenvalue weighted by Crippen LogP contribution is 2.34. The van der Waals surface area contributed by atoms with Crippen LogP contribution in [0.5, 0.6) is 0 Å². The zero-order chi connectivity index (χ0) is 22.5. The molecule has 0 unspecified atom stereocenters. The lowest BCUT2D eigenvalue weighted by molar-refractivity contribution is -0.137. The minimum absolute atomic E-state index is 0.0134. The smallest absolute Gasteiger partial charge is 0.384 e. The van der Waals surface area contributed by atoms with E-state index in [9.17, 15) is 26.4 Å². The maximum atomic E-state index is 13.1. The molecule has 2 aromatic rings. The van der Waals surface area contributed by atoms with Gasteiger partial charge >= 0.3 is 6.18 Å². The van der Waals surface area contributed by atoms with Crippen molar-refractivity contribution in [2.75, 3.05) is 43.1 Å². The first kappa shape index (κ1) is 23.5. The van der Waals surface area contributed by atoms with E-state index >= 15 is 0 Å². The molecule has 0 aliphatic heterocycles. The van der Waals surface area contributed by atoms with Crippen molar-refractivity contribution < 1.29 is 26.4 Å². The van der Waals surface area contributed by atoms with Crippen LogP contribution in [0.15, 0.2) is 47.4 Å². The molecule has 30 heavy (non-hydrogen) atoms. The number of alkyl halides is 3. The van der Waals surface area contributed by atoms with E-state index in [-0.39, 0.29) is 17.1 Å². The number of carbonyl (C=O) groups excluding carboxylic acids is 1. The molecule has 0 saturated heterocycles. The number of hydrogen-bond acceptors (Lipinski definition) is 5. The minimum atomic E-state index is -4.61. The molecular weight excluding hydrogens is 421 g/mol. The largest absolute Gasteiger partial charge is 0.418 e. The average Bonchev–Trinajstić information content (AvgIpc) is 2.66. The third kappa shape index (κ3) is 5.63. The van der Waals surface area contributed by atoms with E-state index in [1.807, 2.05) is 6.92 Å². The van der Waals surface area contributed by atoms with Crippen LogP contribution in [0.4, 0.5) is 30.2 Å². The maximum Gasteiger partial charge on any atom is 0.418 e. The number of rotatable bonds is 8. The summed E-state index contributed by atoms with van der Waals surface area (Å²) in [6.45, 7) is 2.02. The SMILES string of the molecule is CCNc1ccc(S(=O)(=O)N(C)C)cc1NCC(=O)Nc1ccccc1C(F)(F)F. The van der Waals surface area contributed by atoms with Gasteiger partial charge in [0.15, 0.2) is 0 Å². The molecule has 1 amide bonds. The topological polar surface area (TPSA) is 90.5 Å². The predicted molar refractivity (Wildman–Crippen MR) is 110 cm³/mol. The second-order valence-electron chi connectivity index (χ2n) is 6.47. The summed E-state index contributed by atoms with van der Waals surface area (Å²) in [5.41, 5.74) is -0.420. The molecule has 0 aromatic heterocycles. The van der Waals surface area contributed by atoms with E-state index in [2.05, 4.69) is 16.0 Å². The fourth-order valence-electron chi connectivity index (χ4n) is 2.59. The van der Waals surface area contributed by atoms with Crippen LogP contribution in [-0.4, -0.2) is 45.8 Å². The van der Waals surface area contributed by atoms with Crippen LogP contribution < -0.4 is 16.0 Å². The van der Waals surface area contributed by atoms with Crippen LogP contribution in [0.2, 0.25) is 0 Å². The van der Waals surface area contributed by atoms with Gasteiger partial charge in [-0.25, -0.2) is 12.7 Å². The lowest BCUT2D eigenvalue weighted by atomic mass is 10.1. The highest BCUT2D eigenvalue weighted by molar-refractivity contribution is 7.89. The van der Waals surface area contributed by atoms with Gasteiger partial charge in [0.1, 0.15) is 0 Å². The van der Waals surface area contributed by atoms with Gasteiger partial charge in [-0.3, -0.25) is 4.79 Å². The van der Waals surface area contributed by atoms with Crippen molar-refractivity contribution in [2.24, 2.45) is 0 Å². The summed E-state index contributed by atoms with van der Waals surface area (Å²) in [5.74, 6) is -0.713. The molecule has 2 aromatic carbocycles. The van der Waals surface area contributed by atoms with Crippen LogP contribution in [0.25, 0.3) is 0 Å². The second-order valence-corrected chi connectivity index (χ2v) is 8.62. The zero-order valence-electron chi connectivity index (χ0n) is 16.7. The lowest BCUT2D eigenvalue weighted by Gasteiger charge is -2.17. The quantitative estimate of drug-likeness (QED) is 0.580. The van der Waals surface area contributed by atoms with Crippen LogP contribution in [0.3, 0.4) is 0 Å². The summed E-state index contributed by atoms with van der Waals surface area (Å²) < 4.78 is 65.0. The van der Waals surface area contributed by atoms with Gasteiger partial charge in [0.25, 0.3) is 0 Å². The lowest BCUT2D eigenvalue weighted by Crippen LogP contribution is -2.25. The molecule has 0 fully saturated rings. The van der Waals surface area contributed by atoms with E-state index in [4.69, 9.17) is 0 Å². The zero-order valence-corrected chi connectivity index (χ0v) is 17.5. The van der Waals surface area contributed by atoms with Gasteiger partial charge in [-0.2, -0.15) is 13.2 Å². The van der Waals surface area contributed by atoms with Crippen molar-refractivity contribution in [2.45, 2.75) is 18.0 Å². The van der Waals surface area contributed by atoms with Gasteiger partial charge in [0, 0.05) is 20.6 Å². The van der Waals surface area contributed by atoms with Gasteiger partial charge in [-0.05, 0) is 37.3 Å². The Kier molecular flexibility index (Phi) is 7.32. The summed E-state index contributed by atoms with van der Waals surface area (Å²) in [4.78, 5) is 12.2. The summed E-state index contributed by atoms with van der Waals surface area (Å²) in [6.07, 6.45) is -4.61. The summed E-state index contributed by atoms with van der Waals surface area (Å²) >= 11 is 0. The molecule has 0 spiro atoms. The van der Waals surface area contributed by atoms with Gasteiger partial charge in [0.2, 0.25) is 15.9 Å². The Labute approximate surface area is 173 Å². The first-order chi connectivity index (χ1) is 14.0. The van der Waals surface area contributed by atoms with Gasteiger partial charge in [-0.15, -0.1) is 0 Å². The van der Waals surface area contributed by atoms with Crippen LogP contribution >= 0.6 is 0 Å². The van der Waals surface area contributed by atoms with E-state index in [0.717, 1.165) is 16.4 Å². The number of benzene rings is 2. The second kappa shape index (κ2) is 9.35. The number of nitrogens with one attached hydrogen (secondary N) is 3. The molecule has 7 nitrogen and oxygen atoms in total. The molecule has 0 saturated carbocycles. The molecule has 3 N–H and O–H groups in total. The number of sulfonamides is 1. The van der Waals surface area contributed by atoms with Crippen LogP contribution in [0.1, 0.15) is 12.5 Å². The van der Waals surface area contributed by atoms with Crippen molar-refractivity contribution in [3.8, 4) is 0 Å². The summed E-state index contributed by atoms with van der Waals surface area (Å²) in [7, 11) is -0.910. The third-order valence-corrected chi connectivity index (χ3v) is 5.89. The minimum Gasteiger partial charge on any atom is -0.384 e. The van der Waals surface area contributed by atoms with E-state index in [0.29, 0.717) is 17.9 Å². The number of carbonyl (C=O) groups is 1. The Morgan fingerprint density at radius 2 is 1.67 bits per heavy atom. The van der Waals surface area contributed by atoms with Crippen molar-refractivity contribution in [3.05, 3.63) is 48.0 Å². The number of hydrogen-bond donors (Lipinski definition) is 3. The molecule has 0 aliphatic carbocycles. The Balaban J connectivity index is 2.21. The summed E-state index contributed by atoms with van der Waals surface area (Å²) in [6, 6.07) is 9.01. The van der Waals surface area contributed by atoms with E-state index < -0.39 is 27.7 Å². The molecule has 11 heteroatoms.